The molecule has 0 unspecified atom stereocenters. The highest BCUT2D eigenvalue weighted by Crippen LogP contribution is 2.34. The van der Waals surface area contributed by atoms with Crippen LogP contribution in [-0.2, 0) is 0 Å². The second-order valence-corrected chi connectivity index (χ2v) is 4.52. The largest absolute Gasteiger partial charge is 0.484 e. The van der Waals surface area contributed by atoms with Gasteiger partial charge in [-0.25, -0.2) is 4.98 Å². The first kappa shape index (κ1) is 8.81. The van der Waals surface area contributed by atoms with Gasteiger partial charge in [0.25, 0.3) is 5.88 Å². The minimum atomic E-state index is -0.284. The van der Waals surface area contributed by atoms with Crippen LogP contribution in [0.1, 0.15) is 13.8 Å². The molecule has 0 radical (unpaired) electrons. The Hall–Kier alpha value is -0.770. The fourth-order valence-electron chi connectivity index (χ4n) is 1.13. The second-order valence-electron chi connectivity index (χ2n) is 3.61. The Morgan fingerprint density at radius 3 is 3.08 bits per heavy atom. The Bertz CT molecular complexity index is 338. The van der Waals surface area contributed by atoms with Gasteiger partial charge in [0.05, 0.1) is 0 Å². The molecule has 0 aliphatic carbocycles. The maximum atomic E-state index is 5.62. The molecule has 1 aliphatic rings. The Morgan fingerprint density at radius 2 is 2.31 bits per heavy atom. The molecule has 70 valence electrons. The SMILES string of the molecule is CC1(C)COc2cc(Br)cnc2O1. The van der Waals surface area contributed by atoms with Crippen molar-refractivity contribution in [1.29, 1.82) is 0 Å². The normalized spacial score (nSPS) is 18.4. The van der Waals surface area contributed by atoms with Gasteiger partial charge in [0, 0.05) is 16.7 Å². The lowest BCUT2D eigenvalue weighted by molar-refractivity contribution is 0.0161. The van der Waals surface area contributed by atoms with E-state index in [9.17, 15) is 0 Å². The maximum Gasteiger partial charge on any atom is 0.257 e. The summed E-state index contributed by atoms with van der Waals surface area (Å²) in [5.41, 5.74) is -0.284. The van der Waals surface area contributed by atoms with Crippen molar-refractivity contribution in [3.05, 3.63) is 16.7 Å². The number of hydrogen-bond donors (Lipinski definition) is 0. The quantitative estimate of drug-likeness (QED) is 0.702. The zero-order valence-electron chi connectivity index (χ0n) is 7.50. The van der Waals surface area contributed by atoms with Gasteiger partial charge < -0.3 is 9.47 Å². The molecular weight excluding hydrogens is 234 g/mol. The first-order chi connectivity index (χ1) is 6.07. The van der Waals surface area contributed by atoms with Crippen LogP contribution in [0.5, 0.6) is 11.6 Å². The Labute approximate surface area is 85.2 Å². The number of ether oxygens (including phenoxy) is 2. The molecule has 3 nitrogen and oxygen atoms in total. The fourth-order valence-corrected chi connectivity index (χ4v) is 1.44. The third kappa shape index (κ3) is 1.77. The van der Waals surface area contributed by atoms with Gasteiger partial charge in [-0.2, -0.15) is 0 Å². The van der Waals surface area contributed by atoms with Crippen molar-refractivity contribution >= 4 is 15.9 Å². The predicted molar refractivity (Wildman–Crippen MR) is 52.1 cm³/mol. The average Bonchev–Trinajstić information content (AvgIpc) is 2.05. The van der Waals surface area contributed by atoms with E-state index in [1.165, 1.54) is 0 Å². The summed E-state index contributed by atoms with van der Waals surface area (Å²) in [6, 6.07) is 1.86. The van der Waals surface area contributed by atoms with Gasteiger partial charge in [-0.15, -0.1) is 0 Å². The zero-order valence-corrected chi connectivity index (χ0v) is 9.09. The Kier molecular flexibility index (Phi) is 1.95. The number of hydrogen-bond acceptors (Lipinski definition) is 3. The molecule has 0 N–H and O–H groups in total. The van der Waals surface area contributed by atoms with Crippen molar-refractivity contribution in [1.82, 2.24) is 4.98 Å². The molecule has 0 atom stereocenters. The van der Waals surface area contributed by atoms with Crippen LogP contribution >= 0.6 is 15.9 Å². The third-order valence-corrected chi connectivity index (χ3v) is 2.17. The van der Waals surface area contributed by atoms with Gasteiger partial charge in [0.2, 0.25) is 0 Å². The highest BCUT2D eigenvalue weighted by Gasteiger charge is 2.28. The van der Waals surface area contributed by atoms with Crippen molar-refractivity contribution in [2.45, 2.75) is 19.4 Å². The number of nitrogens with zero attached hydrogens (tertiary/aromatic N) is 1. The van der Waals surface area contributed by atoms with Crippen LogP contribution in [0.2, 0.25) is 0 Å². The van der Waals surface area contributed by atoms with Gasteiger partial charge in [0.15, 0.2) is 5.75 Å². The average molecular weight is 244 g/mol. The number of rotatable bonds is 0. The molecule has 0 spiro atoms. The van der Waals surface area contributed by atoms with Gasteiger partial charge >= 0.3 is 0 Å². The molecule has 0 aromatic carbocycles. The first-order valence-electron chi connectivity index (χ1n) is 4.04. The van der Waals surface area contributed by atoms with Crippen molar-refractivity contribution in [2.75, 3.05) is 6.61 Å². The van der Waals surface area contributed by atoms with Crippen molar-refractivity contribution in [3.63, 3.8) is 0 Å². The number of pyridine rings is 1. The summed E-state index contributed by atoms with van der Waals surface area (Å²) in [5.74, 6) is 1.27. The van der Waals surface area contributed by atoms with Gasteiger partial charge in [-0.3, -0.25) is 0 Å². The maximum absolute atomic E-state index is 5.62. The van der Waals surface area contributed by atoms with Gasteiger partial charge in [0.1, 0.15) is 12.2 Å². The molecular formula is C9H10BrNO2. The van der Waals surface area contributed by atoms with Crippen LogP contribution in [0, 0.1) is 0 Å². The number of halogens is 1. The first-order valence-corrected chi connectivity index (χ1v) is 4.83. The van der Waals surface area contributed by atoms with E-state index in [0.717, 1.165) is 4.47 Å². The standard InChI is InChI=1S/C9H10BrNO2/c1-9(2)5-12-7-3-6(10)4-11-8(7)13-9/h3-4H,5H2,1-2H3. The van der Waals surface area contributed by atoms with E-state index < -0.39 is 0 Å². The lowest BCUT2D eigenvalue weighted by atomic mass is 10.1. The van der Waals surface area contributed by atoms with E-state index >= 15 is 0 Å². The molecule has 0 bridgehead atoms. The van der Waals surface area contributed by atoms with Crippen LogP contribution < -0.4 is 9.47 Å². The molecule has 0 amide bonds. The molecule has 2 heterocycles. The minimum absolute atomic E-state index is 0.284. The summed E-state index contributed by atoms with van der Waals surface area (Å²) in [6.45, 7) is 4.50. The summed E-state index contributed by atoms with van der Waals surface area (Å²) in [6.07, 6.45) is 1.70. The van der Waals surface area contributed by atoms with Crippen molar-refractivity contribution in [2.24, 2.45) is 0 Å². The van der Waals surface area contributed by atoms with Gasteiger partial charge in [-0.05, 0) is 29.8 Å². The molecule has 1 aliphatic heterocycles. The monoisotopic (exact) mass is 243 g/mol. The summed E-state index contributed by atoms with van der Waals surface area (Å²) in [5, 5.41) is 0. The highest BCUT2D eigenvalue weighted by atomic mass is 79.9. The van der Waals surface area contributed by atoms with Crippen molar-refractivity contribution in [3.8, 4) is 11.6 Å². The molecule has 1 aromatic rings. The van der Waals surface area contributed by atoms with E-state index in [4.69, 9.17) is 9.47 Å². The van der Waals surface area contributed by atoms with Gasteiger partial charge in [-0.1, -0.05) is 0 Å². The molecule has 0 saturated heterocycles. The van der Waals surface area contributed by atoms with E-state index in [2.05, 4.69) is 20.9 Å². The fraction of sp³-hybridized carbons (Fsp3) is 0.444. The summed E-state index contributed by atoms with van der Waals surface area (Å²) < 4.78 is 12.0. The zero-order chi connectivity index (χ0) is 9.47. The molecule has 13 heavy (non-hydrogen) atoms. The van der Waals surface area contributed by atoms with Crippen LogP contribution in [0.15, 0.2) is 16.7 Å². The van der Waals surface area contributed by atoms with Crippen LogP contribution in [-0.4, -0.2) is 17.2 Å². The smallest absolute Gasteiger partial charge is 0.257 e. The van der Waals surface area contributed by atoms with Crippen LogP contribution in [0.4, 0.5) is 0 Å². The molecule has 1 aromatic heterocycles. The molecule has 4 heteroatoms. The predicted octanol–water partition coefficient (Wildman–Crippen LogP) is 2.39. The lowest BCUT2D eigenvalue weighted by Gasteiger charge is -2.31. The lowest BCUT2D eigenvalue weighted by Crippen LogP contribution is -2.39. The summed E-state index contributed by atoms with van der Waals surface area (Å²) in [4.78, 5) is 4.12. The topological polar surface area (TPSA) is 31.4 Å². The molecule has 0 saturated carbocycles. The van der Waals surface area contributed by atoms with Crippen LogP contribution in [0.3, 0.4) is 0 Å². The van der Waals surface area contributed by atoms with E-state index in [0.29, 0.717) is 18.2 Å². The summed E-state index contributed by atoms with van der Waals surface area (Å²) in [7, 11) is 0. The Balaban J connectivity index is 2.37. The van der Waals surface area contributed by atoms with E-state index in [-0.39, 0.29) is 5.60 Å². The van der Waals surface area contributed by atoms with E-state index in [1.54, 1.807) is 6.20 Å². The molecule has 0 fully saturated rings. The van der Waals surface area contributed by atoms with Crippen LogP contribution in [0.25, 0.3) is 0 Å². The second kappa shape index (κ2) is 2.87. The van der Waals surface area contributed by atoms with Crippen molar-refractivity contribution < 1.29 is 9.47 Å². The number of aromatic nitrogens is 1. The molecule has 2 rings (SSSR count). The summed E-state index contributed by atoms with van der Waals surface area (Å²) >= 11 is 3.32. The minimum Gasteiger partial charge on any atom is -0.484 e. The highest BCUT2D eigenvalue weighted by molar-refractivity contribution is 9.10. The Morgan fingerprint density at radius 1 is 1.54 bits per heavy atom. The van der Waals surface area contributed by atoms with E-state index in [1.807, 2.05) is 19.9 Å². The number of fused-ring (bicyclic) bond motifs is 1. The third-order valence-electron chi connectivity index (χ3n) is 1.73.